The Labute approximate surface area is 212 Å². The molecule has 0 spiro atoms. The standard InChI is InChI=1S/C26H26BrFN2O5/c1-4-33-23-14-18(10-11-22(23)32-3)26(31)30-29-15-17-12-20(27)25(24(13-17)34-5-2)35-16-19-8-6-7-9-21(19)28/h6-15H,4-5,16H2,1-3H3,(H,30,31)/b29-15+. The number of nitrogens with zero attached hydrogens (tertiary/aromatic N) is 1. The lowest BCUT2D eigenvalue weighted by Crippen LogP contribution is -2.17. The maximum Gasteiger partial charge on any atom is 0.271 e. The average molecular weight is 545 g/mol. The largest absolute Gasteiger partial charge is 0.493 e. The van der Waals surface area contributed by atoms with Gasteiger partial charge in [-0.25, -0.2) is 9.82 Å². The summed E-state index contributed by atoms with van der Waals surface area (Å²) >= 11 is 3.48. The van der Waals surface area contributed by atoms with Gasteiger partial charge < -0.3 is 18.9 Å². The molecule has 0 unspecified atom stereocenters. The number of ether oxygens (including phenoxy) is 4. The zero-order valence-corrected chi connectivity index (χ0v) is 21.2. The first-order valence-corrected chi connectivity index (χ1v) is 11.7. The van der Waals surface area contributed by atoms with E-state index in [1.54, 1.807) is 48.5 Å². The Kier molecular flexibility index (Phi) is 9.48. The lowest BCUT2D eigenvalue weighted by molar-refractivity contribution is 0.0954. The second kappa shape index (κ2) is 12.8. The van der Waals surface area contributed by atoms with Crippen LogP contribution in [0.15, 0.2) is 64.2 Å². The lowest BCUT2D eigenvalue weighted by Gasteiger charge is -2.15. The molecule has 0 fully saturated rings. The Morgan fingerprint density at radius 2 is 1.74 bits per heavy atom. The van der Waals surface area contributed by atoms with E-state index in [2.05, 4.69) is 26.5 Å². The molecule has 184 valence electrons. The topological polar surface area (TPSA) is 78.4 Å². The van der Waals surface area contributed by atoms with Crippen molar-refractivity contribution in [2.45, 2.75) is 20.5 Å². The zero-order valence-electron chi connectivity index (χ0n) is 19.6. The van der Waals surface area contributed by atoms with E-state index < -0.39 is 5.91 Å². The average Bonchev–Trinajstić information content (AvgIpc) is 2.85. The van der Waals surface area contributed by atoms with Gasteiger partial charge in [0.15, 0.2) is 23.0 Å². The van der Waals surface area contributed by atoms with Crippen LogP contribution < -0.4 is 24.4 Å². The summed E-state index contributed by atoms with van der Waals surface area (Å²) in [5, 5.41) is 4.05. The van der Waals surface area contributed by atoms with Crippen molar-refractivity contribution < 1.29 is 28.1 Å². The van der Waals surface area contributed by atoms with Crippen LogP contribution in [0.5, 0.6) is 23.0 Å². The quantitative estimate of drug-likeness (QED) is 0.246. The molecule has 0 radical (unpaired) electrons. The minimum atomic E-state index is -0.404. The normalized spacial score (nSPS) is 10.8. The van der Waals surface area contributed by atoms with E-state index in [0.29, 0.717) is 57.4 Å². The molecule has 7 nitrogen and oxygen atoms in total. The molecule has 3 aromatic rings. The third kappa shape index (κ3) is 6.95. The Balaban J connectivity index is 1.73. The number of carbonyl (C=O) groups excluding carboxylic acids is 1. The molecule has 0 bridgehead atoms. The first-order chi connectivity index (χ1) is 17.0. The molecule has 0 saturated heterocycles. The molecule has 3 rings (SSSR count). The Morgan fingerprint density at radius 1 is 1.00 bits per heavy atom. The van der Waals surface area contributed by atoms with Gasteiger partial charge in [-0.2, -0.15) is 5.10 Å². The fourth-order valence-corrected chi connectivity index (χ4v) is 3.72. The van der Waals surface area contributed by atoms with Crippen molar-refractivity contribution >= 4 is 28.1 Å². The number of methoxy groups -OCH3 is 1. The molecule has 3 aromatic carbocycles. The molecule has 0 aliphatic carbocycles. The van der Waals surface area contributed by atoms with Crippen molar-refractivity contribution in [1.82, 2.24) is 5.43 Å². The van der Waals surface area contributed by atoms with Crippen LogP contribution >= 0.6 is 15.9 Å². The number of hydrazone groups is 1. The van der Waals surface area contributed by atoms with Crippen LogP contribution in [-0.4, -0.2) is 32.4 Å². The SMILES string of the molecule is CCOc1cc(C(=O)N/N=C/c2cc(Br)c(OCc3ccccc3F)c(OCC)c2)ccc1OC. The third-order valence-corrected chi connectivity index (χ3v) is 5.36. The number of amides is 1. The highest BCUT2D eigenvalue weighted by molar-refractivity contribution is 9.10. The fourth-order valence-electron chi connectivity index (χ4n) is 3.15. The van der Waals surface area contributed by atoms with Crippen molar-refractivity contribution in [2.24, 2.45) is 5.10 Å². The van der Waals surface area contributed by atoms with Gasteiger partial charge in [-0.05, 0) is 71.7 Å². The summed E-state index contributed by atoms with van der Waals surface area (Å²) in [7, 11) is 1.53. The Bertz CT molecular complexity index is 1200. The maximum atomic E-state index is 13.9. The maximum absolute atomic E-state index is 13.9. The third-order valence-electron chi connectivity index (χ3n) is 4.77. The monoisotopic (exact) mass is 544 g/mol. The number of rotatable bonds is 11. The Hall–Kier alpha value is -3.59. The molecule has 0 aliphatic rings. The van der Waals surface area contributed by atoms with Crippen molar-refractivity contribution in [3.05, 3.63) is 81.6 Å². The van der Waals surface area contributed by atoms with Crippen LogP contribution in [0.4, 0.5) is 4.39 Å². The number of halogens is 2. The van der Waals surface area contributed by atoms with Crippen LogP contribution in [-0.2, 0) is 6.61 Å². The lowest BCUT2D eigenvalue weighted by atomic mass is 10.2. The molecule has 0 aromatic heterocycles. The van der Waals surface area contributed by atoms with E-state index in [-0.39, 0.29) is 12.4 Å². The van der Waals surface area contributed by atoms with Crippen LogP contribution in [0.25, 0.3) is 0 Å². The molecule has 9 heteroatoms. The molecule has 0 aliphatic heterocycles. The predicted octanol–water partition coefficient (Wildman–Crippen LogP) is 5.74. The first kappa shape index (κ1) is 26.0. The van der Waals surface area contributed by atoms with Crippen LogP contribution in [0.2, 0.25) is 0 Å². The molecular weight excluding hydrogens is 519 g/mol. The summed E-state index contributed by atoms with van der Waals surface area (Å²) in [6.45, 7) is 4.58. The van der Waals surface area contributed by atoms with Gasteiger partial charge in [0.05, 0.1) is 31.0 Å². The summed E-state index contributed by atoms with van der Waals surface area (Å²) in [6.07, 6.45) is 1.48. The van der Waals surface area contributed by atoms with Gasteiger partial charge >= 0.3 is 0 Å². The molecular formula is C26H26BrFN2O5. The molecule has 35 heavy (non-hydrogen) atoms. The number of nitrogens with one attached hydrogen (secondary N) is 1. The molecule has 1 N–H and O–H groups in total. The van der Waals surface area contributed by atoms with Gasteiger partial charge in [0.25, 0.3) is 5.91 Å². The van der Waals surface area contributed by atoms with Crippen LogP contribution in [0.1, 0.15) is 35.3 Å². The van der Waals surface area contributed by atoms with Gasteiger partial charge in [-0.3, -0.25) is 4.79 Å². The van der Waals surface area contributed by atoms with Crippen molar-refractivity contribution in [3.8, 4) is 23.0 Å². The van der Waals surface area contributed by atoms with Crippen molar-refractivity contribution in [3.63, 3.8) is 0 Å². The number of hydrogen-bond acceptors (Lipinski definition) is 6. The number of carbonyl (C=O) groups is 1. The van der Waals surface area contributed by atoms with Gasteiger partial charge in [0, 0.05) is 11.1 Å². The molecule has 0 atom stereocenters. The van der Waals surface area contributed by atoms with Gasteiger partial charge in [0.2, 0.25) is 0 Å². The highest BCUT2D eigenvalue weighted by Crippen LogP contribution is 2.37. The van der Waals surface area contributed by atoms with E-state index in [0.717, 1.165) is 0 Å². The minimum absolute atomic E-state index is 0.0421. The van der Waals surface area contributed by atoms with Crippen LogP contribution in [0, 0.1) is 5.82 Å². The van der Waals surface area contributed by atoms with Crippen LogP contribution in [0.3, 0.4) is 0 Å². The summed E-state index contributed by atoms with van der Waals surface area (Å²) in [6, 6.07) is 14.8. The summed E-state index contributed by atoms with van der Waals surface area (Å²) in [5.74, 6) is 1.17. The van der Waals surface area contributed by atoms with E-state index in [1.165, 1.54) is 19.4 Å². The second-order valence-electron chi connectivity index (χ2n) is 7.14. The molecule has 0 heterocycles. The molecule has 0 saturated carbocycles. The predicted molar refractivity (Wildman–Crippen MR) is 135 cm³/mol. The summed E-state index contributed by atoms with van der Waals surface area (Å²) in [5.41, 5.74) is 3.96. The second-order valence-corrected chi connectivity index (χ2v) is 8.00. The molecule has 1 amide bonds. The van der Waals surface area contributed by atoms with Crippen molar-refractivity contribution in [2.75, 3.05) is 20.3 Å². The summed E-state index contributed by atoms with van der Waals surface area (Å²) in [4.78, 5) is 12.5. The van der Waals surface area contributed by atoms with E-state index in [1.807, 2.05) is 13.8 Å². The smallest absolute Gasteiger partial charge is 0.271 e. The number of hydrogen-bond donors (Lipinski definition) is 1. The fraction of sp³-hybridized carbons (Fsp3) is 0.231. The number of benzene rings is 3. The highest BCUT2D eigenvalue weighted by Gasteiger charge is 2.14. The van der Waals surface area contributed by atoms with E-state index >= 15 is 0 Å². The van der Waals surface area contributed by atoms with Gasteiger partial charge in [0.1, 0.15) is 12.4 Å². The van der Waals surface area contributed by atoms with Gasteiger partial charge in [-0.15, -0.1) is 0 Å². The van der Waals surface area contributed by atoms with E-state index in [9.17, 15) is 9.18 Å². The summed E-state index contributed by atoms with van der Waals surface area (Å²) < 4.78 is 36.8. The zero-order chi connectivity index (χ0) is 25.2. The van der Waals surface area contributed by atoms with Crippen molar-refractivity contribution in [1.29, 1.82) is 0 Å². The Morgan fingerprint density at radius 3 is 2.46 bits per heavy atom. The van der Waals surface area contributed by atoms with Gasteiger partial charge in [-0.1, -0.05) is 18.2 Å². The highest BCUT2D eigenvalue weighted by atomic mass is 79.9. The van der Waals surface area contributed by atoms with E-state index in [4.69, 9.17) is 18.9 Å². The first-order valence-electron chi connectivity index (χ1n) is 10.9. The minimum Gasteiger partial charge on any atom is -0.493 e.